The van der Waals surface area contributed by atoms with Crippen LogP contribution in [0.3, 0.4) is 0 Å². The van der Waals surface area contributed by atoms with Gasteiger partial charge >= 0.3 is 18.0 Å². The van der Waals surface area contributed by atoms with Gasteiger partial charge in [0, 0.05) is 19.1 Å². The van der Waals surface area contributed by atoms with Crippen LogP contribution in [0.5, 0.6) is 0 Å². The van der Waals surface area contributed by atoms with Crippen LogP contribution in [-0.4, -0.2) is 63.2 Å². The number of aliphatic carboxylic acids is 2. The number of likely N-dealkylation sites (tertiary alicyclic amines) is 2. The Morgan fingerprint density at radius 3 is 2.26 bits per heavy atom. The summed E-state index contributed by atoms with van der Waals surface area (Å²) >= 11 is 0. The Labute approximate surface area is 110 Å². The van der Waals surface area contributed by atoms with Crippen LogP contribution >= 0.6 is 0 Å². The van der Waals surface area contributed by atoms with Crippen LogP contribution in [0.1, 0.15) is 32.1 Å². The summed E-state index contributed by atoms with van der Waals surface area (Å²) in [5, 5.41) is 17.9. The zero-order valence-corrected chi connectivity index (χ0v) is 10.6. The van der Waals surface area contributed by atoms with Crippen molar-refractivity contribution >= 4 is 18.0 Å². The van der Waals surface area contributed by atoms with E-state index in [9.17, 15) is 14.4 Å². The molecule has 0 aromatic carbocycles. The maximum Gasteiger partial charge on any atom is 0.326 e. The molecule has 0 aliphatic carbocycles. The molecule has 7 nitrogen and oxygen atoms in total. The summed E-state index contributed by atoms with van der Waals surface area (Å²) in [6.45, 7) is 0.950. The quantitative estimate of drug-likeness (QED) is 0.782. The highest BCUT2D eigenvalue weighted by Crippen LogP contribution is 2.25. The molecule has 2 aliphatic rings. The average molecular weight is 270 g/mol. The van der Waals surface area contributed by atoms with Crippen LogP contribution in [-0.2, 0) is 9.59 Å². The molecule has 0 aromatic rings. The normalized spacial score (nSPS) is 26.7. The van der Waals surface area contributed by atoms with E-state index in [2.05, 4.69) is 0 Å². The zero-order chi connectivity index (χ0) is 14.0. The Balaban J connectivity index is 2.05. The number of rotatable bonds is 3. The minimum absolute atomic E-state index is 0.0721. The third-order valence-electron chi connectivity index (χ3n) is 3.82. The molecular formula is C12H18N2O5. The molecule has 0 saturated carbocycles. The second kappa shape index (κ2) is 5.46. The fourth-order valence-electron chi connectivity index (χ4n) is 2.92. The van der Waals surface area contributed by atoms with Crippen molar-refractivity contribution in [3.63, 3.8) is 0 Å². The molecule has 2 saturated heterocycles. The minimum atomic E-state index is -0.986. The van der Waals surface area contributed by atoms with Crippen molar-refractivity contribution in [1.82, 2.24) is 9.80 Å². The summed E-state index contributed by atoms with van der Waals surface area (Å²) < 4.78 is 0. The van der Waals surface area contributed by atoms with E-state index >= 15 is 0 Å². The number of carbonyl (C=O) groups excluding carboxylic acids is 1. The first kappa shape index (κ1) is 13.6. The van der Waals surface area contributed by atoms with Gasteiger partial charge in [0.15, 0.2) is 0 Å². The highest BCUT2D eigenvalue weighted by atomic mass is 16.4. The predicted octanol–water partition coefficient (Wildman–Crippen LogP) is 0.595. The first-order valence-corrected chi connectivity index (χ1v) is 6.52. The Morgan fingerprint density at radius 2 is 1.63 bits per heavy atom. The van der Waals surface area contributed by atoms with Gasteiger partial charge in [-0.05, 0) is 25.7 Å². The van der Waals surface area contributed by atoms with E-state index in [4.69, 9.17) is 10.2 Å². The number of urea groups is 1. The zero-order valence-electron chi connectivity index (χ0n) is 10.6. The third kappa shape index (κ3) is 2.80. The lowest BCUT2D eigenvalue weighted by Gasteiger charge is -2.31. The average Bonchev–Trinajstić information content (AvgIpc) is 2.94. The smallest absolute Gasteiger partial charge is 0.326 e. The SMILES string of the molecule is O=C(O)C[C@@H]1CCCN1C(=O)N1CCC[C@H]1C(=O)O. The summed E-state index contributed by atoms with van der Waals surface area (Å²) in [5.41, 5.74) is 0. The summed E-state index contributed by atoms with van der Waals surface area (Å²) in [6, 6.07) is -1.40. The van der Waals surface area contributed by atoms with E-state index in [0.717, 1.165) is 6.42 Å². The molecule has 19 heavy (non-hydrogen) atoms. The van der Waals surface area contributed by atoms with Gasteiger partial charge in [-0.25, -0.2) is 9.59 Å². The van der Waals surface area contributed by atoms with Crippen molar-refractivity contribution < 1.29 is 24.6 Å². The first-order valence-electron chi connectivity index (χ1n) is 6.52. The lowest BCUT2D eigenvalue weighted by Crippen LogP contribution is -2.49. The van der Waals surface area contributed by atoms with Crippen LogP contribution in [0.25, 0.3) is 0 Å². The van der Waals surface area contributed by atoms with Gasteiger partial charge in [-0.2, -0.15) is 0 Å². The lowest BCUT2D eigenvalue weighted by molar-refractivity contribution is -0.142. The predicted molar refractivity (Wildman–Crippen MR) is 64.7 cm³/mol. The van der Waals surface area contributed by atoms with E-state index in [1.807, 2.05) is 0 Å². The highest BCUT2D eigenvalue weighted by Gasteiger charge is 2.39. The van der Waals surface area contributed by atoms with Crippen LogP contribution < -0.4 is 0 Å². The van der Waals surface area contributed by atoms with Crippen molar-refractivity contribution in [2.45, 2.75) is 44.2 Å². The van der Waals surface area contributed by atoms with Crippen molar-refractivity contribution in [2.24, 2.45) is 0 Å². The number of carboxylic acid groups (broad SMARTS) is 2. The van der Waals surface area contributed by atoms with Gasteiger partial charge in [0.05, 0.1) is 6.42 Å². The lowest BCUT2D eigenvalue weighted by atomic mass is 10.1. The third-order valence-corrected chi connectivity index (χ3v) is 3.82. The molecule has 2 heterocycles. The van der Waals surface area contributed by atoms with Gasteiger partial charge in [-0.15, -0.1) is 0 Å². The molecule has 2 fully saturated rings. The topological polar surface area (TPSA) is 98.2 Å². The standard InChI is InChI=1S/C12H18N2O5/c15-10(16)7-8-3-1-5-13(8)12(19)14-6-2-4-9(14)11(17)18/h8-9H,1-7H2,(H,15,16)(H,17,18)/t8-,9-/m0/s1. The highest BCUT2D eigenvalue weighted by molar-refractivity contribution is 5.84. The van der Waals surface area contributed by atoms with E-state index in [1.165, 1.54) is 9.80 Å². The number of hydrogen-bond donors (Lipinski definition) is 2. The maximum absolute atomic E-state index is 12.3. The fraction of sp³-hybridized carbons (Fsp3) is 0.750. The maximum atomic E-state index is 12.3. The van der Waals surface area contributed by atoms with Gasteiger partial charge in [-0.3, -0.25) is 4.79 Å². The molecule has 2 rings (SSSR count). The van der Waals surface area contributed by atoms with E-state index in [1.54, 1.807) is 0 Å². The molecule has 0 aromatic heterocycles. The van der Waals surface area contributed by atoms with E-state index in [-0.39, 0.29) is 18.5 Å². The van der Waals surface area contributed by atoms with Crippen molar-refractivity contribution in [3.8, 4) is 0 Å². The molecule has 0 radical (unpaired) electrons. The number of amides is 2. The second-order valence-corrected chi connectivity index (χ2v) is 5.06. The Hall–Kier alpha value is -1.79. The molecule has 106 valence electrons. The second-order valence-electron chi connectivity index (χ2n) is 5.06. The largest absolute Gasteiger partial charge is 0.481 e. The van der Waals surface area contributed by atoms with Crippen molar-refractivity contribution in [1.29, 1.82) is 0 Å². The Morgan fingerprint density at radius 1 is 1.00 bits per heavy atom. The van der Waals surface area contributed by atoms with Crippen LogP contribution in [0.15, 0.2) is 0 Å². The van der Waals surface area contributed by atoms with Gasteiger partial charge < -0.3 is 20.0 Å². The molecular weight excluding hydrogens is 252 g/mol. The number of hydrogen-bond acceptors (Lipinski definition) is 3. The van der Waals surface area contributed by atoms with Crippen LogP contribution in [0.2, 0.25) is 0 Å². The molecule has 0 unspecified atom stereocenters. The van der Waals surface area contributed by atoms with Crippen LogP contribution in [0, 0.1) is 0 Å². The number of carboxylic acids is 2. The Bertz CT molecular complexity index is 398. The summed E-state index contributed by atoms with van der Waals surface area (Å²) in [7, 11) is 0. The fourth-order valence-corrected chi connectivity index (χ4v) is 2.92. The Kier molecular flexibility index (Phi) is 3.92. The molecule has 2 atom stereocenters. The van der Waals surface area contributed by atoms with E-state index in [0.29, 0.717) is 32.4 Å². The molecule has 2 N–H and O–H groups in total. The van der Waals surface area contributed by atoms with Crippen LogP contribution in [0.4, 0.5) is 4.79 Å². The van der Waals surface area contributed by atoms with Crippen molar-refractivity contribution in [3.05, 3.63) is 0 Å². The number of nitrogens with zero attached hydrogens (tertiary/aromatic N) is 2. The summed E-state index contributed by atoms with van der Waals surface area (Å²) in [4.78, 5) is 37.1. The minimum Gasteiger partial charge on any atom is -0.481 e. The molecule has 0 bridgehead atoms. The van der Waals surface area contributed by atoms with Gasteiger partial charge in [-0.1, -0.05) is 0 Å². The molecule has 0 spiro atoms. The van der Waals surface area contributed by atoms with Gasteiger partial charge in [0.25, 0.3) is 0 Å². The van der Waals surface area contributed by atoms with Gasteiger partial charge in [0.2, 0.25) is 0 Å². The number of carbonyl (C=O) groups is 3. The molecule has 7 heteroatoms. The van der Waals surface area contributed by atoms with Gasteiger partial charge in [0.1, 0.15) is 6.04 Å². The summed E-state index contributed by atoms with van der Waals surface area (Å²) in [5.74, 6) is -1.92. The van der Waals surface area contributed by atoms with Crippen molar-refractivity contribution in [2.75, 3.05) is 13.1 Å². The molecule has 2 aliphatic heterocycles. The monoisotopic (exact) mass is 270 g/mol. The molecule has 2 amide bonds. The van der Waals surface area contributed by atoms with E-state index < -0.39 is 18.0 Å². The first-order chi connectivity index (χ1) is 9.00. The summed E-state index contributed by atoms with van der Waals surface area (Å²) in [6.07, 6.45) is 2.52.